The minimum Gasteiger partial charge on any atom is -0.344 e. The lowest BCUT2D eigenvalue weighted by atomic mass is 10.2. The van der Waals surface area contributed by atoms with Crippen LogP contribution in [0.4, 0.5) is 4.39 Å². The zero-order chi connectivity index (χ0) is 13.8. The number of aromatic amines is 1. The molecule has 1 heterocycles. The van der Waals surface area contributed by atoms with Crippen LogP contribution in [0.5, 0.6) is 0 Å². The highest BCUT2D eigenvalue weighted by molar-refractivity contribution is 9.13. The second kappa shape index (κ2) is 6.31. The smallest absolute Gasteiger partial charge is 0.291 e. The van der Waals surface area contributed by atoms with Gasteiger partial charge in [0.05, 0.1) is 9.08 Å². The summed E-state index contributed by atoms with van der Waals surface area (Å²) < 4.78 is 14.7. The van der Waals surface area contributed by atoms with Crippen LogP contribution in [-0.4, -0.2) is 10.9 Å². The van der Waals surface area contributed by atoms with Gasteiger partial charge in [0.1, 0.15) is 18.1 Å². The van der Waals surface area contributed by atoms with Gasteiger partial charge in [-0.3, -0.25) is 9.63 Å². The van der Waals surface area contributed by atoms with Gasteiger partial charge in [-0.1, -0.05) is 18.2 Å². The molecule has 0 saturated carbocycles. The number of benzene rings is 1. The molecule has 0 spiro atoms. The molecular formula is C12H9Br2FN2O2. The molecule has 2 rings (SSSR count). The first-order valence-corrected chi connectivity index (χ1v) is 6.86. The van der Waals surface area contributed by atoms with Crippen LogP contribution in [0.3, 0.4) is 0 Å². The normalized spacial score (nSPS) is 10.5. The lowest BCUT2D eigenvalue weighted by molar-refractivity contribution is 0.0220. The van der Waals surface area contributed by atoms with Crippen molar-refractivity contribution in [3.63, 3.8) is 0 Å². The number of hydrogen-bond acceptors (Lipinski definition) is 2. The second-order valence-corrected chi connectivity index (χ2v) is 5.30. The van der Waals surface area contributed by atoms with Crippen molar-refractivity contribution >= 4 is 37.8 Å². The average molecular weight is 392 g/mol. The third-order valence-corrected chi connectivity index (χ3v) is 4.10. The fraction of sp³-hybridized carbons (Fsp3) is 0.0833. The molecule has 0 aliphatic heterocycles. The molecule has 0 atom stereocenters. The maximum absolute atomic E-state index is 13.3. The summed E-state index contributed by atoms with van der Waals surface area (Å²) in [5, 5.41) is 0. The monoisotopic (exact) mass is 390 g/mol. The van der Waals surface area contributed by atoms with Gasteiger partial charge in [0.25, 0.3) is 5.91 Å². The van der Waals surface area contributed by atoms with E-state index in [0.717, 1.165) is 4.47 Å². The average Bonchev–Trinajstić information content (AvgIpc) is 2.72. The zero-order valence-electron chi connectivity index (χ0n) is 9.54. The molecule has 100 valence electrons. The number of nitrogens with one attached hydrogen (secondary N) is 2. The molecule has 0 fully saturated rings. The van der Waals surface area contributed by atoms with Crippen molar-refractivity contribution in [3.05, 3.63) is 56.5 Å². The molecule has 1 amide bonds. The Morgan fingerprint density at radius 3 is 2.74 bits per heavy atom. The van der Waals surface area contributed by atoms with Crippen molar-refractivity contribution in [2.24, 2.45) is 0 Å². The Hall–Kier alpha value is -1.18. The summed E-state index contributed by atoms with van der Waals surface area (Å²) in [6.45, 7) is -0.0402. The fourth-order valence-electron chi connectivity index (χ4n) is 1.38. The maximum atomic E-state index is 13.3. The molecule has 0 bridgehead atoms. The van der Waals surface area contributed by atoms with E-state index >= 15 is 0 Å². The van der Waals surface area contributed by atoms with E-state index in [1.807, 2.05) is 0 Å². The van der Waals surface area contributed by atoms with Crippen LogP contribution in [0.25, 0.3) is 0 Å². The van der Waals surface area contributed by atoms with E-state index in [1.165, 1.54) is 6.07 Å². The van der Waals surface area contributed by atoms with E-state index in [4.69, 9.17) is 4.84 Å². The van der Waals surface area contributed by atoms with Gasteiger partial charge in [0.2, 0.25) is 0 Å². The number of hydroxylamine groups is 1. The Bertz CT molecular complexity index is 582. The first-order valence-electron chi connectivity index (χ1n) is 5.27. The van der Waals surface area contributed by atoms with Crippen LogP contribution < -0.4 is 5.48 Å². The Labute approximate surface area is 125 Å². The summed E-state index contributed by atoms with van der Waals surface area (Å²) in [7, 11) is 0. The van der Waals surface area contributed by atoms with Crippen LogP contribution in [0.15, 0.2) is 39.4 Å². The van der Waals surface area contributed by atoms with Crippen molar-refractivity contribution < 1.29 is 14.0 Å². The van der Waals surface area contributed by atoms with Gasteiger partial charge in [0, 0.05) is 5.56 Å². The van der Waals surface area contributed by atoms with Gasteiger partial charge in [-0.25, -0.2) is 9.87 Å². The van der Waals surface area contributed by atoms with E-state index in [0.29, 0.717) is 15.9 Å². The third-order valence-electron chi connectivity index (χ3n) is 2.32. The number of rotatable bonds is 4. The molecule has 4 nitrogen and oxygen atoms in total. The van der Waals surface area contributed by atoms with Crippen molar-refractivity contribution in [2.75, 3.05) is 0 Å². The topological polar surface area (TPSA) is 54.1 Å². The number of halogens is 3. The fourth-order valence-corrected chi connectivity index (χ4v) is 2.03. The van der Waals surface area contributed by atoms with Crippen molar-refractivity contribution in [1.82, 2.24) is 10.5 Å². The molecule has 0 radical (unpaired) electrons. The minimum atomic E-state index is -0.442. The molecule has 1 aromatic heterocycles. The minimum absolute atomic E-state index is 0.0402. The lowest BCUT2D eigenvalue weighted by Gasteiger charge is -2.05. The first kappa shape index (κ1) is 14.2. The van der Waals surface area contributed by atoms with Gasteiger partial charge < -0.3 is 4.98 Å². The van der Waals surface area contributed by atoms with Gasteiger partial charge in [-0.05, 0) is 44.0 Å². The van der Waals surface area contributed by atoms with Gasteiger partial charge in [-0.2, -0.15) is 0 Å². The first-order chi connectivity index (χ1) is 9.08. The molecule has 0 aliphatic rings. The van der Waals surface area contributed by atoms with Gasteiger partial charge >= 0.3 is 0 Å². The SMILES string of the molecule is O=C(NOCc1ccccc1F)c1cc(Br)c(Br)[nH]1. The molecule has 19 heavy (non-hydrogen) atoms. The molecule has 0 unspecified atom stereocenters. The van der Waals surface area contributed by atoms with Crippen LogP contribution >= 0.6 is 31.9 Å². The summed E-state index contributed by atoms with van der Waals surface area (Å²) in [5.41, 5.74) is 2.93. The van der Waals surface area contributed by atoms with Crippen LogP contribution in [0, 0.1) is 5.82 Å². The van der Waals surface area contributed by atoms with E-state index < -0.39 is 5.91 Å². The van der Waals surface area contributed by atoms with Crippen molar-refractivity contribution in [2.45, 2.75) is 6.61 Å². The van der Waals surface area contributed by atoms with Crippen molar-refractivity contribution in [3.8, 4) is 0 Å². The molecule has 0 saturated heterocycles. The van der Waals surface area contributed by atoms with Gasteiger partial charge in [0.15, 0.2) is 0 Å². The quantitative estimate of drug-likeness (QED) is 0.783. The molecule has 2 aromatic rings. The standard InChI is InChI=1S/C12H9Br2FN2O2/c13-8-5-10(16-11(8)14)12(18)17-19-6-7-3-1-2-4-9(7)15/h1-5,16H,6H2,(H,17,18). The van der Waals surface area contributed by atoms with Crippen LogP contribution in [-0.2, 0) is 11.4 Å². The number of amides is 1. The molecule has 2 N–H and O–H groups in total. The maximum Gasteiger partial charge on any atom is 0.291 e. The Morgan fingerprint density at radius 2 is 2.11 bits per heavy atom. The largest absolute Gasteiger partial charge is 0.344 e. The van der Waals surface area contributed by atoms with E-state index in [2.05, 4.69) is 42.3 Å². The molecular weight excluding hydrogens is 383 g/mol. The summed E-state index contributed by atoms with van der Waals surface area (Å²) >= 11 is 6.48. The molecule has 0 aliphatic carbocycles. The van der Waals surface area contributed by atoms with E-state index in [9.17, 15) is 9.18 Å². The summed E-state index contributed by atoms with van der Waals surface area (Å²) in [6, 6.07) is 7.81. The third kappa shape index (κ3) is 3.65. The Kier molecular flexibility index (Phi) is 4.73. The molecule has 1 aromatic carbocycles. The predicted octanol–water partition coefficient (Wildman–Crippen LogP) is 3.54. The number of hydrogen-bond donors (Lipinski definition) is 2. The number of H-pyrrole nitrogens is 1. The number of carbonyl (C=O) groups excluding carboxylic acids is 1. The lowest BCUT2D eigenvalue weighted by Crippen LogP contribution is -2.24. The van der Waals surface area contributed by atoms with Crippen LogP contribution in [0.1, 0.15) is 16.1 Å². The summed E-state index contributed by atoms with van der Waals surface area (Å²) in [6.07, 6.45) is 0. The predicted molar refractivity (Wildman–Crippen MR) is 74.8 cm³/mol. The van der Waals surface area contributed by atoms with Crippen LogP contribution in [0.2, 0.25) is 0 Å². The molecule has 7 heteroatoms. The Morgan fingerprint density at radius 1 is 1.37 bits per heavy atom. The summed E-state index contributed by atoms with van der Waals surface area (Å²) in [4.78, 5) is 19.5. The highest BCUT2D eigenvalue weighted by atomic mass is 79.9. The summed E-state index contributed by atoms with van der Waals surface area (Å²) in [5.74, 6) is -0.815. The van der Waals surface area contributed by atoms with E-state index in [-0.39, 0.29) is 12.4 Å². The highest BCUT2D eigenvalue weighted by Crippen LogP contribution is 2.22. The highest BCUT2D eigenvalue weighted by Gasteiger charge is 2.11. The van der Waals surface area contributed by atoms with Gasteiger partial charge in [-0.15, -0.1) is 0 Å². The number of carbonyl (C=O) groups is 1. The zero-order valence-corrected chi connectivity index (χ0v) is 12.7. The number of aromatic nitrogens is 1. The second-order valence-electron chi connectivity index (χ2n) is 3.66. The van der Waals surface area contributed by atoms with E-state index in [1.54, 1.807) is 24.3 Å². The Balaban J connectivity index is 1.89. The van der Waals surface area contributed by atoms with Crippen molar-refractivity contribution in [1.29, 1.82) is 0 Å².